The largest absolute Gasteiger partial charge is 0.354 e. The lowest BCUT2D eigenvalue weighted by atomic mass is 10.0. The number of nitrogens with zero attached hydrogens (tertiary/aromatic N) is 1. The topological polar surface area (TPSA) is 49.4 Å². The standard InChI is InChI=1S/C25H33ClN2O2/c1-6-23(25(30)27-15-17(2)3)28(16-21-9-7-8-10-22(21)26)24(29)14-20-12-18(4)11-19(5)13-20/h7-13,17,23H,6,14-16H2,1-5H3,(H,27,30). The van der Waals surface area contributed by atoms with Crippen molar-refractivity contribution in [3.8, 4) is 0 Å². The number of nitrogens with one attached hydrogen (secondary N) is 1. The van der Waals surface area contributed by atoms with Gasteiger partial charge in [-0.3, -0.25) is 9.59 Å². The summed E-state index contributed by atoms with van der Waals surface area (Å²) in [5.41, 5.74) is 4.04. The minimum atomic E-state index is -0.543. The Hall–Kier alpha value is -2.33. The van der Waals surface area contributed by atoms with Crippen LogP contribution in [0.5, 0.6) is 0 Å². The molecule has 2 amide bonds. The van der Waals surface area contributed by atoms with Crippen LogP contribution in [-0.4, -0.2) is 29.3 Å². The van der Waals surface area contributed by atoms with Gasteiger partial charge >= 0.3 is 0 Å². The van der Waals surface area contributed by atoms with Crippen molar-refractivity contribution in [1.82, 2.24) is 10.2 Å². The highest BCUT2D eigenvalue weighted by molar-refractivity contribution is 6.31. The molecule has 0 spiro atoms. The first-order chi connectivity index (χ1) is 14.2. The molecular formula is C25H33ClN2O2. The SMILES string of the molecule is CCC(C(=O)NCC(C)C)N(Cc1ccccc1Cl)C(=O)Cc1cc(C)cc(C)c1. The van der Waals surface area contributed by atoms with E-state index in [1.165, 1.54) is 0 Å². The van der Waals surface area contributed by atoms with Crippen molar-refractivity contribution in [2.24, 2.45) is 5.92 Å². The fraction of sp³-hybridized carbons (Fsp3) is 0.440. The summed E-state index contributed by atoms with van der Waals surface area (Å²) in [7, 11) is 0. The Balaban J connectivity index is 2.32. The van der Waals surface area contributed by atoms with Crippen LogP contribution in [0.1, 0.15) is 49.4 Å². The summed E-state index contributed by atoms with van der Waals surface area (Å²) in [4.78, 5) is 28.0. The zero-order chi connectivity index (χ0) is 22.3. The van der Waals surface area contributed by atoms with E-state index in [0.29, 0.717) is 30.5 Å². The van der Waals surface area contributed by atoms with Crippen LogP contribution >= 0.6 is 11.6 Å². The molecule has 0 aromatic heterocycles. The summed E-state index contributed by atoms with van der Waals surface area (Å²) in [5.74, 6) is 0.146. The third-order valence-corrected chi connectivity index (χ3v) is 5.37. The molecule has 0 saturated carbocycles. The highest BCUT2D eigenvalue weighted by atomic mass is 35.5. The van der Waals surface area contributed by atoms with Crippen LogP contribution < -0.4 is 5.32 Å². The van der Waals surface area contributed by atoms with Gasteiger partial charge < -0.3 is 10.2 Å². The third kappa shape index (κ3) is 6.88. The summed E-state index contributed by atoms with van der Waals surface area (Å²) < 4.78 is 0. The molecule has 0 fully saturated rings. The van der Waals surface area contributed by atoms with E-state index >= 15 is 0 Å². The number of carbonyl (C=O) groups is 2. The van der Waals surface area contributed by atoms with Crippen LogP contribution in [-0.2, 0) is 22.6 Å². The van der Waals surface area contributed by atoms with Crippen molar-refractivity contribution in [3.63, 3.8) is 0 Å². The number of halogens is 1. The van der Waals surface area contributed by atoms with E-state index in [0.717, 1.165) is 22.3 Å². The molecule has 0 aliphatic heterocycles. The number of amides is 2. The molecule has 1 unspecified atom stereocenters. The van der Waals surface area contributed by atoms with E-state index < -0.39 is 6.04 Å². The average molecular weight is 429 g/mol. The van der Waals surface area contributed by atoms with Crippen LogP contribution in [0.25, 0.3) is 0 Å². The number of hydrogen-bond acceptors (Lipinski definition) is 2. The van der Waals surface area contributed by atoms with E-state index in [4.69, 9.17) is 11.6 Å². The van der Waals surface area contributed by atoms with E-state index in [-0.39, 0.29) is 18.2 Å². The Bertz CT molecular complexity index is 859. The summed E-state index contributed by atoms with van der Waals surface area (Å²) in [6.07, 6.45) is 0.786. The maximum Gasteiger partial charge on any atom is 0.242 e. The van der Waals surface area contributed by atoms with Crippen molar-refractivity contribution in [2.45, 2.75) is 60.0 Å². The fourth-order valence-electron chi connectivity index (χ4n) is 3.60. The first-order valence-electron chi connectivity index (χ1n) is 10.6. The molecule has 2 rings (SSSR count). The molecule has 5 heteroatoms. The number of rotatable bonds is 9. The van der Waals surface area contributed by atoms with Crippen molar-refractivity contribution >= 4 is 23.4 Å². The molecule has 1 N–H and O–H groups in total. The maximum absolute atomic E-state index is 13.4. The molecule has 162 valence electrons. The van der Waals surface area contributed by atoms with Crippen LogP contribution in [0.15, 0.2) is 42.5 Å². The Morgan fingerprint density at radius 3 is 2.27 bits per heavy atom. The van der Waals surface area contributed by atoms with Crippen molar-refractivity contribution in [3.05, 3.63) is 69.7 Å². The molecule has 2 aromatic carbocycles. The quantitative estimate of drug-likeness (QED) is 0.605. The number of hydrogen-bond donors (Lipinski definition) is 1. The van der Waals surface area contributed by atoms with Crippen molar-refractivity contribution in [1.29, 1.82) is 0 Å². The van der Waals surface area contributed by atoms with Gasteiger partial charge in [0, 0.05) is 18.1 Å². The van der Waals surface area contributed by atoms with Gasteiger partial charge in [0.2, 0.25) is 11.8 Å². The zero-order valence-electron chi connectivity index (χ0n) is 18.7. The summed E-state index contributed by atoms with van der Waals surface area (Å²) in [5, 5.41) is 3.58. The minimum absolute atomic E-state index is 0.0773. The van der Waals surface area contributed by atoms with Crippen LogP contribution in [0.4, 0.5) is 0 Å². The van der Waals surface area contributed by atoms with E-state index in [9.17, 15) is 9.59 Å². The summed E-state index contributed by atoms with van der Waals surface area (Å²) in [6.45, 7) is 11.0. The highest BCUT2D eigenvalue weighted by Crippen LogP contribution is 2.21. The Labute approximate surface area is 185 Å². The Morgan fingerprint density at radius 2 is 1.70 bits per heavy atom. The third-order valence-electron chi connectivity index (χ3n) is 5.01. The molecule has 0 heterocycles. The van der Waals surface area contributed by atoms with Gasteiger partial charge in [-0.15, -0.1) is 0 Å². The predicted molar refractivity (Wildman–Crippen MR) is 124 cm³/mol. The molecule has 0 radical (unpaired) electrons. The van der Waals surface area contributed by atoms with Gasteiger partial charge in [-0.2, -0.15) is 0 Å². The average Bonchev–Trinajstić information content (AvgIpc) is 2.66. The van der Waals surface area contributed by atoms with E-state index in [2.05, 4.69) is 11.4 Å². The molecule has 0 saturated heterocycles. The minimum Gasteiger partial charge on any atom is -0.354 e. The molecule has 0 aliphatic carbocycles. The second-order valence-corrected chi connectivity index (χ2v) is 8.76. The first-order valence-corrected chi connectivity index (χ1v) is 11.0. The molecule has 1 atom stereocenters. The highest BCUT2D eigenvalue weighted by Gasteiger charge is 2.29. The number of carbonyl (C=O) groups excluding carboxylic acids is 2. The van der Waals surface area contributed by atoms with Gasteiger partial charge in [-0.05, 0) is 43.4 Å². The molecule has 4 nitrogen and oxygen atoms in total. The molecular weight excluding hydrogens is 396 g/mol. The summed E-state index contributed by atoms with van der Waals surface area (Å²) in [6, 6.07) is 13.1. The second kappa shape index (κ2) is 11.2. The summed E-state index contributed by atoms with van der Waals surface area (Å²) >= 11 is 6.37. The van der Waals surface area contributed by atoms with Gasteiger partial charge in [-0.1, -0.05) is 79.9 Å². The monoisotopic (exact) mass is 428 g/mol. The number of benzene rings is 2. The zero-order valence-corrected chi connectivity index (χ0v) is 19.4. The normalized spacial score (nSPS) is 12.0. The van der Waals surface area contributed by atoms with Gasteiger partial charge in [0.05, 0.1) is 6.42 Å². The van der Waals surface area contributed by atoms with Crippen LogP contribution in [0, 0.1) is 19.8 Å². The van der Waals surface area contributed by atoms with Crippen LogP contribution in [0.2, 0.25) is 5.02 Å². The lowest BCUT2D eigenvalue weighted by Gasteiger charge is -2.31. The predicted octanol–water partition coefficient (Wildman–Crippen LogP) is 5.08. The van der Waals surface area contributed by atoms with Gasteiger partial charge in [-0.25, -0.2) is 0 Å². The molecule has 2 aromatic rings. The lowest BCUT2D eigenvalue weighted by molar-refractivity contribution is -0.141. The fourth-order valence-corrected chi connectivity index (χ4v) is 3.79. The molecule has 0 bridgehead atoms. The van der Waals surface area contributed by atoms with Crippen molar-refractivity contribution < 1.29 is 9.59 Å². The lowest BCUT2D eigenvalue weighted by Crippen LogP contribution is -2.50. The maximum atomic E-state index is 13.4. The molecule has 0 aliphatic rings. The Morgan fingerprint density at radius 1 is 1.07 bits per heavy atom. The number of aryl methyl sites for hydroxylation is 2. The van der Waals surface area contributed by atoms with Gasteiger partial charge in [0.1, 0.15) is 6.04 Å². The van der Waals surface area contributed by atoms with E-state index in [1.807, 2.05) is 71.0 Å². The van der Waals surface area contributed by atoms with Gasteiger partial charge in [0.25, 0.3) is 0 Å². The van der Waals surface area contributed by atoms with E-state index in [1.54, 1.807) is 4.90 Å². The Kier molecular flexibility index (Phi) is 8.91. The molecule has 30 heavy (non-hydrogen) atoms. The van der Waals surface area contributed by atoms with Crippen LogP contribution in [0.3, 0.4) is 0 Å². The van der Waals surface area contributed by atoms with Crippen molar-refractivity contribution in [2.75, 3.05) is 6.54 Å². The second-order valence-electron chi connectivity index (χ2n) is 8.35. The first kappa shape index (κ1) is 23.9. The smallest absolute Gasteiger partial charge is 0.242 e. The van der Waals surface area contributed by atoms with Gasteiger partial charge in [0.15, 0.2) is 0 Å².